The van der Waals surface area contributed by atoms with E-state index in [4.69, 9.17) is 14.2 Å². The van der Waals surface area contributed by atoms with Gasteiger partial charge in [0, 0.05) is 17.3 Å². The fourth-order valence-electron chi connectivity index (χ4n) is 3.22. The molecule has 10 heteroatoms. The summed E-state index contributed by atoms with van der Waals surface area (Å²) in [6, 6.07) is 11.1. The number of ether oxygens (including phenoxy) is 3. The van der Waals surface area contributed by atoms with Crippen LogP contribution in [0.3, 0.4) is 0 Å². The largest absolute Gasteiger partial charge is 0.497 e. The van der Waals surface area contributed by atoms with Crippen molar-refractivity contribution in [3.05, 3.63) is 59.8 Å². The molecule has 2 aromatic carbocycles. The smallest absolute Gasteiger partial charge is 0.345 e. The highest BCUT2D eigenvalue weighted by atomic mass is 32.2. The molecule has 1 amide bonds. The van der Waals surface area contributed by atoms with Gasteiger partial charge in [0.25, 0.3) is 5.91 Å². The minimum absolute atomic E-state index is 0.0457. The Morgan fingerprint density at radius 1 is 0.969 bits per heavy atom. The normalized spacial score (nSPS) is 15.0. The van der Waals surface area contributed by atoms with E-state index in [0.29, 0.717) is 28.5 Å². The van der Waals surface area contributed by atoms with E-state index in [1.807, 2.05) is 0 Å². The summed E-state index contributed by atoms with van der Waals surface area (Å²) in [7, 11) is 0.370. The minimum atomic E-state index is -4.15. The highest BCUT2D eigenvalue weighted by Gasteiger charge is 2.35. The maximum absolute atomic E-state index is 13.1. The summed E-state index contributed by atoms with van der Waals surface area (Å²) in [5.41, 5.74) is 1.02. The second-order valence-electron chi connectivity index (χ2n) is 7.13. The number of benzene rings is 2. The van der Waals surface area contributed by atoms with Crippen LogP contribution in [-0.2, 0) is 15.0 Å². The van der Waals surface area contributed by atoms with Gasteiger partial charge in [0.15, 0.2) is 11.5 Å². The van der Waals surface area contributed by atoms with Gasteiger partial charge < -0.3 is 19.5 Å². The number of hydrogen-bond acceptors (Lipinski definition) is 6. The number of anilines is 1. The highest BCUT2D eigenvalue weighted by Crippen LogP contribution is 2.30. The Labute approximate surface area is 187 Å². The van der Waals surface area contributed by atoms with E-state index in [9.17, 15) is 13.2 Å². The molecule has 0 aromatic heterocycles. The van der Waals surface area contributed by atoms with E-state index in [1.165, 1.54) is 20.3 Å². The van der Waals surface area contributed by atoms with Crippen molar-refractivity contribution >= 4 is 27.5 Å². The van der Waals surface area contributed by atoms with Crippen molar-refractivity contribution in [2.75, 3.05) is 26.6 Å². The van der Waals surface area contributed by atoms with Crippen LogP contribution in [0.4, 0.5) is 5.69 Å². The molecule has 0 saturated carbocycles. The summed E-state index contributed by atoms with van der Waals surface area (Å²) in [5.74, 6) is 0.948. The predicted octanol–water partition coefficient (Wildman–Crippen LogP) is 2.99. The number of carbonyl (C=O) groups excluding carboxylic acids is 1. The van der Waals surface area contributed by atoms with Crippen LogP contribution in [0.1, 0.15) is 19.4 Å². The third-order valence-corrected chi connectivity index (χ3v) is 6.24. The summed E-state index contributed by atoms with van der Waals surface area (Å²) in [4.78, 5) is 13.1. The molecule has 0 saturated heterocycles. The third-order valence-electron chi connectivity index (χ3n) is 4.70. The minimum Gasteiger partial charge on any atom is -0.497 e. The molecular formula is C22H25N3O6S. The van der Waals surface area contributed by atoms with Crippen molar-refractivity contribution in [2.45, 2.75) is 19.9 Å². The first-order valence-corrected chi connectivity index (χ1v) is 11.1. The molecule has 3 rings (SSSR count). The molecule has 32 heavy (non-hydrogen) atoms. The lowest BCUT2D eigenvalue weighted by Crippen LogP contribution is -2.42. The van der Waals surface area contributed by atoms with Gasteiger partial charge in [-0.1, -0.05) is 0 Å². The molecule has 1 heterocycles. The number of hydrogen-bond donors (Lipinski definition) is 1. The second kappa shape index (κ2) is 9.31. The molecule has 0 aliphatic carbocycles. The van der Waals surface area contributed by atoms with E-state index in [2.05, 4.69) is 9.71 Å². The number of nitrogens with zero attached hydrogens (tertiary/aromatic N) is 2. The Morgan fingerprint density at radius 3 is 2.19 bits per heavy atom. The number of carbonyl (C=O) groups is 1. The fourth-order valence-corrected chi connectivity index (χ4v) is 4.63. The number of amides is 1. The molecular weight excluding hydrogens is 434 g/mol. The lowest BCUT2D eigenvalue weighted by molar-refractivity contribution is -0.114. The van der Waals surface area contributed by atoms with Crippen LogP contribution < -0.4 is 19.5 Å². The molecule has 1 aliphatic heterocycles. The van der Waals surface area contributed by atoms with E-state index in [0.717, 1.165) is 4.31 Å². The summed E-state index contributed by atoms with van der Waals surface area (Å²) < 4.78 is 46.5. The monoisotopic (exact) mass is 459 g/mol. The zero-order valence-corrected chi connectivity index (χ0v) is 19.3. The molecule has 170 valence electrons. The Bertz CT molecular complexity index is 1170. The Balaban J connectivity index is 2.03. The molecule has 1 aliphatic rings. The molecule has 9 nitrogen and oxygen atoms in total. The van der Waals surface area contributed by atoms with Crippen LogP contribution in [0.2, 0.25) is 0 Å². The SMILES string of the molecule is COc1ccc(NC(=O)C2=CC(c3ccc(OC)c(OC)c3)=NS(=O)(=O)N2C(C)C)cc1. The molecule has 2 aromatic rings. The quantitative estimate of drug-likeness (QED) is 0.682. The van der Waals surface area contributed by atoms with Gasteiger partial charge in [0.05, 0.1) is 27.0 Å². The maximum Gasteiger partial charge on any atom is 0.345 e. The van der Waals surface area contributed by atoms with Crippen LogP contribution in [0.5, 0.6) is 17.2 Å². The van der Waals surface area contributed by atoms with Crippen LogP contribution >= 0.6 is 0 Å². The van der Waals surface area contributed by atoms with Crippen LogP contribution in [0.15, 0.2) is 58.6 Å². The van der Waals surface area contributed by atoms with Crippen molar-refractivity contribution in [2.24, 2.45) is 4.40 Å². The van der Waals surface area contributed by atoms with Crippen molar-refractivity contribution in [1.82, 2.24) is 4.31 Å². The van der Waals surface area contributed by atoms with Crippen molar-refractivity contribution < 1.29 is 27.4 Å². The maximum atomic E-state index is 13.1. The molecule has 0 radical (unpaired) electrons. The molecule has 0 fully saturated rings. The van der Waals surface area contributed by atoms with Crippen molar-refractivity contribution in [3.63, 3.8) is 0 Å². The van der Waals surface area contributed by atoms with Crippen molar-refractivity contribution in [1.29, 1.82) is 0 Å². The predicted molar refractivity (Wildman–Crippen MR) is 122 cm³/mol. The average molecular weight is 460 g/mol. The number of allylic oxidation sites excluding steroid dienone is 1. The lowest BCUT2D eigenvalue weighted by Gasteiger charge is -2.30. The van der Waals surface area contributed by atoms with Gasteiger partial charge in [0.1, 0.15) is 11.4 Å². The summed E-state index contributed by atoms with van der Waals surface area (Å²) >= 11 is 0. The molecule has 0 bridgehead atoms. The summed E-state index contributed by atoms with van der Waals surface area (Å²) in [6.45, 7) is 3.34. The standard InChI is InChI=1S/C22H25N3O6S/c1-14(2)25-19(22(26)23-16-7-9-17(29-3)10-8-16)13-18(24-32(25,27)28)15-6-11-20(30-4)21(12-15)31-5/h6-14H,1-5H3,(H,23,26). The van der Waals surface area contributed by atoms with Crippen LogP contribution in [0.25, 0.3) is 0 Å². The average Bonchev–Trinajstić information content (AvgIpc) is 2.77. The third kappa shape index (κ3) is 4.70. The van der Waals surface area contributed by atoms with E-state index in [-0.39, 0.29) is 11.4 Å². The van der Waals surface area contributed by atoms with Crippen LogP contribution in [-0.4, -0.2) is 51.7 Å². The summed E-state index contributed by atoms with van der Waals surface area (Å²) in [5, 5.41) is 2.73. The second-order valence-corrected chi connectivity index (χ2v) is 8.60. The number of rotatable bonds is 7. The van der Waals surface area contributed by atoms with Gasteiger partial charge in [-0.25, -0.2) is 4.31 Å². The zero-order valence-electron chi connectivity index (χ0n) is 18.4. The Kier molecular flexibility index (Phi) is 6.73. The van der Waals surface area contributed by atoms with Gasteiger partial charge in [-0.15, -0.1) is 4.40 Å². The number of nitrogens with one attached hydrogen (secondary N) is 1. The molecule has 1 N–H and O–H groups in total. The molecule has 0 unspecified atom stereocenters. The first-order chi connectivity index (χ1) is 15.2. The van der Waals surface area contributed by atoms with Gasteiger partial charge >= 0.3 is 10.2 Å². The fraction of sp³-hybridized carbons (Fsp3) is 0.273. The zero-order chi connectivity index (χ0) is 23.5. The van der Waals surface area contributed by atoms with Gasteiger partial charge in [-0.05, 0) is 62.4 Å². The van der Waals surface area contributed by atoms with E-state index < -0.39 is 22.2 Å². The summed E-state index contributed by atoms with van der Waals surface area (Å²) in [6.07, 6.45) is 1.45. The van der Waals surface area contributed by atoms with Crippen molar-refractivity contribution in [3.8, 4) is 17.2 Å². The van der Waals surface area contributed by atoms with E-state index in [1.54, 1.807) is 63.4 Å². The number of methoxy groups -OCH3 is 3. The molecule has 0 atom stereocenters. The molecule has 0 spiro atoms. The first-order valence-electron chi connectivity index (χ1n) is 9.74. The lowest BCUT2D eigenvalue weighted by atomic mass is 10.1. The van der Waals surface area contributed by atoms with Gasteiger partial charge in [0.2, 0.25) is 0 Å². The highest BCUT2D eigenvalue weighted by molar-refractivity contribution is 7.88. The topological polar surface area (TPSA) is 107 Å². The van der Waals surface area contributed by atoms with Gasteiger partial charge in [-0.2, -0.15) is 8.42 Å². The Hall–Kier alpha value is -3.53. The Morgan fingerprint density at radius 2 is 1.62 bits per heavy atom. The van der Waals surface area contributed by atoms with E-state index >= 15 is 0 Å². The van der Waals surface area contributed by atoms with Crippen LogP contribution in [0, 0.1) is 0 Å². The van der Waals surface area contributed by atoms with Gasteiger partial charge in [-0.3, -0.25) is 4.79 Å². The first kappa shape index (κ1) is 23.1.